The lowest BCUT2D eigenvalue weighted by atomic mass is 9.95. The Labute approximate surface area is 132 Å². The maximum atomic E-state index is 12.3. The molecule has 0 bridgehead atoms. The second-order valence-corrected chi connectivity index (χ2v) is 5.28. The smallest absolute Gasteiger partial charge is 0.354 e. The average Bonchev–Trinajstić information content (AvgIpc) is 2.61. The number of hydrogen-bond donors (Lipinski definition) is 0. The highest BCUT2D eigenvalue weighted by atomic mass is 16.4. The van der Waals surface area contributed by atoms with Crippen molar-refractivity contribution in [1.29, 1.82) is 5.26 Å². The minimum Gasteiger partial charge on any atom is -0.421 e. The van der Waals surface area contributed by atoms with Crippen molar-refractivity contribution in [1.82, 2.24) is 0 Å². The molecule has 0 atom stereocenters. The monoisotopic (exact) mass is 297 g/mol. The van der Waals surface area contributed by atoms with E-state index in [1.54, 1.807) is 0 Å². The lowest BCUT2D eigenvalue weighted by Crippen LogP contribution is -2.07. The third-order valence-corrected chi connectivity index (χ3v) is 3.97. The molecule has 0 saturated carbocycles. The average molecular weight is 297 g/mol. The number of rotatable bonds is 1. The maximum Gasteiger partial charge on any atom is 0.354 e. The van der Waals surface area contributed by atoms with Crippen molar-refractivity contribution in [3.05, 3.63) is 82.7 Å². The molecular formula is C20H11NO2. The fourth-order valence-electron chi connectivity index (χ4n) is 2.94. The van der Waals surface area contributed by atoms with E-state index >= 15 is 0 Å². The van der Waals surface area contributed by atoms with Crippen LogP contribution in [0.15, 0.2) is 75.9 Å². The first kappa shape index (κ1) is 13.3. The molecule has 0 fully saturated rings. The molecule has 0 aliphatic rings. The fraction of sp³-hybridized carbons (Fsp3) is 0. The van der Waals surface area contributed by atoms with Crippen molar-refractivity contribution in [2.24, 2.45) is 0 Å². The number of nitrogens with zero attached hydrogens (tertiary/aromatic N) is 1. The van der Waals surface area contributed by atoms with E-state index in [-0.39, 0.29) is 5.56 Å². The number of benzene rings is 3. The van der Waals surface area contributed by atoms with E-state index in [4.69, 9.17) is 4.42 Å². The molecule has 3 heteroatoms. The summed E-state index contributed by atoms with van der Waals surface area (Å²) in [6, 6.07) is 23.1. The summed E-state index contributed by atoms with van der Waals surface area (Å²) in [7, 11) is 0. The topological polar surface area (TPSA) is 54.0 Å². The van der Waals surface area contributed by atoms with Gasteiger partial charge in [0.25, 0.3) is 0 Å². The van der Waals surface area contributed by atoms with E-state index in [1.165, 1.54) is 0 Å². The third-order valence-electron chi connectivity index (χ3n) is 3.97. The van der Waals surface area contributed by atoms with E-state index in [0.29, 0.717) is 11.1 Å². The Morgan fingerprint density at radius 2 is 1.57 bits per heavy atom. The Bertz CT molecular complexity index is 1140. The molecule has 0 aliphatic heterocycles. The van der Waals surface area contributed by atoms with Gasteiger partial charge in [0.15, 0.2) is 0 Å². The standard InChI is InChI=1S/C20H11NO2/c21-12-17-18(14-7-2-1-3-8-14)16-11-10-13-6-4-5-9-15(13)19(16)23-20(17)22/h1-11H. The van der Waals surface area contributed by atoms with Crippen molar-refractivity contribution in [3.63, 3.8) is 0 Å². The fourth-order valence-corrected chi connectivity index (χ4v) is 2.94. The van der Waals surface area contributed by atoms with Crippen LogP contribution in [0.25, 0.3) is 32.9 Å². The molecule has 0 unspecified atom stereocenters. The second kappa shape index (κ2) is 5.11. The van der Waals surface area contributed by atoms with Crippen molar-refractivity contribution < 1.29 is 4.42 Å². The van der Waals surface area contributed by atoms with Gasteiger partial charge in [0, 0.05) is 16.3 Å². The van der Waals surface area contributed by atoms with Crippen LogP contribution in [0.4, 0.5) is 0 Å². The number of nitriles is 1. The van der Waals surface area contributed by atoms with Gasteiger partial charge < -0.3 is 4.42 Å². The van der Waals surface area contributed by atoms with Gasteiger partial charge >= 0.3 is 5.63 Å². The van der Waals surface area contributed by atoms with Gasteiger partial charge in [-0.1, -0.05) is 60.7 Å². The normalized spacial score (nSPS) is 10.7. The minimum atomic E-state index is -0.602. The summed E-state index contributed by atoms with van der Waals surface area (Å²) in [6.07, 6.45) is 0. The van der Waals surface area contributed by atoms with Gasteiger partial charge in [0.2, 0.25) is 0 Å². The van der Waals surface area contributed by atoms with Crippen LogP contribution in [0.5, 0.6) is 0 Å². The summed E-state index contributed by atoms with van der Waals surface area (Å²) >= 11 is 0. The van der Waals surface area contributed by atoms with Gasteiger partial charge in [-0.15, -0.1) is 0 Å². The van der Waals surface area contributed by atoms with Gasteiger partial charge in [0.05, 0.1) is 0 Å². The second-order valence-electron chi connectivity index (χ2n) is 5.28. The SMILES string of the molecule is N#Cc1c(-c2ccccc2)c2ccc3ccccc3c2oc1=O. The Morgan fingerprint density at radius 3 is 2.35 bits per heavy atom. The van der Waals surface area contributed by atoms with Crippen molar-refractivity contribution in [2.75, 3.05) is 0 Å². The molecule has 3 nitrogen and oxygen atoms in total. The predicted molar refractivity (Wildman–Crippen MR) is 90.1 cm³/mol. The van der Waals surface area contributed by atoms with E-state index < -0.39 is 5.63 Å². The predicted octanol–water partition coefficient (Wildman–Crippen LogP) is 4.48. The van der Waals surface area contributed by atoms with Gasteiger partial charge in [0.1, 0.15) is 17.2 Å². The van der Waals surface area contributed by atoms with Crippen LogP contribution in [0.2, 0.25) is 0 Å². The Morgan fingerprint density at radius 1 is 0.826 bits per heavy atom. The highest BCUT2D eigenvalue weighted by Crippen LogP contribution is 2.33. The largest absolute Gasteiger partial charge is 0.421 e. The summed E-state index contributed by atoms with van der Waals surface area (Å²) in [5.74, 6) is 0. The van der Waals surface area contributed by atoms with Crippen LogP contribution in [0.3, 0.4) is 0 Å². The molecule has 0 amide bonds. The van der Waals surface area contributed by atoms with Gasteiger partial charge in [-0.05, 0) is 17.0 Å². The van der Waals surface area contributed by atoms with Crippen molar-refractivity contribution in [2.45, 2.75) is 0 Å². The van der Waals surface area contributed by atoms with E-state index in [9.17, 15) is 10.1 Å². The lowest BCUT2D eigenvalue weighted by molar-refractivity contribution is 0.562. The van der Waals surface area contributed by atoms with Gasteiger partial charge in [-0.25, -0.2) is 4.79 Å². The summed E-state index contributed by atoms with van der Waals surface area (Å²) < 4.78 is 5.48. The van der Waals surface area contributed by atoms with E-state index in [1.807, 2.05) is 72.8 Å². The molecule has 0 saturated heterocycles. The Hall–Kier alpha value is -3.38. The quantitative estimate of drug-likeness (QED) is 0.384. The molecule has 0 radical (unpaired) electrons. The summed E-state index contributed by atoms with van der Waals surface area (Å²) in [5, 5.41) is 12.0. The molecule has 4 aromatic rings. The molecule has 0 spiro atoms. The molecule has 1 aromatic heterocycles. The highest BCUT2D eigenvalue weighted by molar-refractivity contribution is 6.09. The first-order valence-corrected chi connectivity index (χ1v) is 7.23. The maximum absolute atomic E-state index is 12.3. The van der Waals surface area contributed by atoms with Crippen LogP contribution in [0, 0.1) is 11.3 Å². The van der Waals surface area contributed by atoms with Crippen LogP contribution in [-0.2, 0) is 0 Å². The van der Waals surface area contributed by atoms with Crippen LogP contribution in [0.1, 0.15) is 5.56 Å². The molecule has 1 heterocycles. The summed E-state index contributed by atoms with van der Waals surface area (Å²) in [6.45, 7) is 0. The molecule has 0 aliphatic carbocycles. The molecule has 3 aromatic carbocycles. The zero-order valence-electron chi connectivity index (χ0n) is 12.1. The number of hydrogen-bond acceptors (Lipinski definition) is 3. The molecule has 4 rings (SSSR count). The zero-order chi connectivity index (χ0) is 15.8. The molecule has 23 heavy (non-hydrogen) atoms. The summed E-state index contributed by atoms with van der Waals surface area (Å²) in [4.78, 5) is 12.3. The lowest BCUT2D eigenvalue weighted by Gasteiger charge is -2.09. The summed E-state index contributed by atoms with van der Waals surface area (Å²) in [5.41, 5.74) is 1.42. The zero-order valence-corrected chi connectivity index (χ0v) is 12.1. The first-order valence-electron chi connectivity index (χ1n) is 7.23. The van der Waals surface area contributed by atoms with Crippen molar-refractivity contribution in [3.8, 4) is 17.2 Å². The van der Waals surface area contributed by atoms with E-state index in [0.717, 1.165) is 21.7 Å². The van der Waals surface area contributed by atoms with Crippen LogP contribution < -0.4 is 5.63 Å². The van der Waals surface area contributed by atoms with Crippen LogP contribution in [-0.4, -0.2) is 0 Å². The molecule has 108 valence electrons. The number of fused-ring (bicyclic) bond motifs is 3. The minimum absolute atomic E-state index is 0.0407. The van der Waals surface area contributed by atoms with Gasteiger partial charge in [-0.3, -0.25) is 0 Å². The third kappa shape index (κ3) is 2.01. The highest BCUT2D eigenvalue weighted by Gasteiger charge is 2.17. The molecule has 0 N–H and O–H groups in total. The first-order chi connectivity index (χ1) is 11.3. The van der Waals surface area contributed by atoms with Crippen LogP contribution >= 0.6 is 0 Å². The Kier molecular flexibility index (Phi) is 2.96. The van der Waals surface area contributed by atoms with E-state index in [2.05, 4.69) is 0 Å². The molecular weight excluding hydrogens is 286 g/mol. The Balaban J connectivity index is 2.26. The van der Waals surface area contributed by atoms with Gasteiger partial charge in [-0.2, -0.15) is 5.26 Å². The van der Waals surface area contributed by atoms with Crippen molar-refractivity contribution >= 4 is 21.7 Å².